The van der Waals surface area contributed by atoms with Gasteiger partial charge in [0.15, 0.2) is 14.7 Å². The van der Waals surface area contributed by atoms with Crippen LogP contribution in [-0.2, 0) is 30.2 Å². The summed E-state index contributed by atoms with van der Waals surface area (Å²) in [6.45, 7) is 6.79. The van der Waals surface area contributed by atoms with Crippen LogP contribution in [0.1, 0.15) is 76.0 Å². The van der Waals surface area contributed by atoms with E-state index in [4.69, 9.17) is 0 Å². The molecule has 0 fully saturated rings. The van der Waals surface area contributed by atoms with Crippen LogP contribution in [0.3, 0.4) is 0 Å². The molecule has 0 nitrogen and oxygen atoms in total. The molecule has 0 radical (unpaired) electrons. The van der Waals surface area contributed by atoms with Crippen LogP contribution < -0.4 is 0 Å². The van der Waals surface area contributed by atoms with Crippen LogP contribution in [0.5, 0.6) is 0 Å². The van der Waals surface area contributed by atoms with Gasteiger partial charge >= 0.3 is 0 Å². The Balaban J connectivity index is 1.90. The molecule has 164 valence electrons. The molecule has 3 aromatic rings. The first-order valence-corrected chi connectivity index (χ1v) is 13.5. The van der Waals surface area contributed by atoms with E-state index in [1.165, 1.54) is 89.2 Å². The number of hydrogen-bond acceptors (Lipinski definition) is 0. The van der Waals surface area contributed by atoms with Crippen molar-refractivity contribution in [2.45, 2.75) is 93.2 Å². The fourth-order valence-corrected chi connectivity index (χ4v) is 5.97. The molecule has 0 atom stereocenters. The molecular formula is C30H39S+. The van der Waals surface area contributed by atoms with Crippen molar-refractivity contribution in [2.75, 3.05) is 0 Å². The Morgan fingerprint density at radius 1 is 0.419 bits per heavy atom. The van der Waals surface area contributed by atoms with Crippen LogP contribution in [0.4, 0.5) is 0 Å². The topological polar surface area (TPSA) is 0 Å². The Labute approximate surface area is 193 Å². The lowest BCUT2D eigenvalue weighted by Crippen LogP contribution is -2.05. The summed E-state index contributed by atoms with van der Waals surface area (Å²) >= 11 is 0. The molecule has 0 aliphatic rings. The fourth-order valence-electron chi connectivity index (χ4n) is 3.93. The molecule has 0 aliphatic heterocycles. The van der Waals surface area contributed by atoms with Crippen LogP contribution in [0.2, 0.25) is 0 Å². The second-order valence-electron chi connectivity index (χ2n) is 8.55. The molecule has 0 unspecified atom stereocenters. The highest BCUT2D eigenvalue weighted by molar-refractivity contribution is 7.97. The average molecular weight is 432 g/mol. The SMILES string of the molecule is CCCCc1ccc([S+](c2ccc(CCCC)cc2)c2ccc(CCCC)cc2)cc1. The molecule has 3 aromatic carbocycles. The maximum atomic E-state index is 2.37. The van der Waals surface area contributed by atoms with Gasteiger partial charge in [0.1, 0.15) is 0 Å². The van der Waals surface area contributed by atoms with Crippen molar-refractivity contribution in [1.82, 2.24) is 0 Å². The molecule has 0 aliphatic carbocycles. The van der Waals surface area contributed by atoms with Gasteiger partial charge < -0.3 is 0 Å². The van der Waals surface area contributed by atoms with Gasteiger partial charge in [0, 0.05) is 0 Å². The van der Waals surface area contributed by atoms with Crippen molar-refractivity contribution >= 4 is 10.9 Å². The zero-order valence-electron chi connectivity index (χ0n) is 19.7. The van der Waals surface area contributed by atoms with Crippen LogP contribution in [0.15, 0.2) is 87.5 Å². The summed E-state index contributed by atoms with van der Waals surface area (Å²) in [5, 5.41) is 0. The molecule has 0 saturated heterocycles. The van der Waals surface area contributed by atoms with Crippen molar-refractivity contribution < 1.29 is 0 Å². The largest absolute Gasteiger partial charge is 0.166 e. The van der Waals surface area contributed by atoms with Crippen LogP contribution in [0.25, 0.3) is 0 Å². The lowest BCUT2D eigenvalue weighted by atomic mass is 10.1. The van der Waals surface area contributed by atoms with Gasteiger partial charge in [0.2, 0.25) is 0 Å². The lowest BCUT2D eigenvalue weighted by Gasteiger charge is -2.10. The molecule has 0 aromatic heterocycles. The zero-order chi connectivity index (χ0) is 21.9. The minimum atomic E-state index is -0.0566. The van der Waals surface area contributed by atoms with Gasteiger partial charge in [0.05, 0.1) is 10.9 Å². The fraction of sp³-hybridized carbons (Fsp3) is 0.400. The number of aryl methyl sites for hydroxylation is 3. The average Bonchev–Trinajstić information content (AvgIpc) is 2.82. The minimum Gasteiger partial charge on any atom is -0.0654 e. The molecule has 31 heavy (non-hydrogen) atoms. The van der Waals surface area contributed by atoms with E-state index < -0.39 is 0 Å². The van der Waals surface area contributed by atoms with E-state index in [-0.39, 0.29) is 10.9 Å². The highest BCUT2D eigenvalue weighted by atomic mass is 32.2. The summed E-state index contributed by atoms with van der Waals surface area (Å²) in [4.78, 5) is 4.26. The first-order valence-electron chi connectivity index (χ1n) is 12.3. The molecule has 0 amide bonds. The number of hydrogen-bond donors (Lipinski definition) is 0. The molecule has 0 bridgehead atoms. The molecule has 1 heteroatoms. The van der Waals surface area contributed by atoms with Crippen molar-refractivity contribution in [1.29, 1.82) is 0 Å². The van der Waals surface area contributed by atoms with Gasteiger partial charge in [-0.1, -0.05) is 76.4 Å². The third-order valence-electron chi connectivity index (χ3n) is 5.93. The van der Waals surface area contributed by atoms with Gasteiger partial charge in [-0.05, 0) is 91.6 Å². The van der Waals surface area contributed by atoms with E-state index in [1.54, 1.807) is 0 Å². The van der Waals surface area contributed by atoms with E-state index in [2.05, 4.69) is 93.6 Å². The molecule has 0 spiro atoms. The highest BCUT2D eigenvalue weighted by Crippen LogP contribution is 2.32. The van der Waals surface area contributed by atoms with Crippen LogP contribution >= 0.6 is 0 Å². The Kier molecular flexibility index (Phi) is 9.75. The van der Waals surface area contributed by atoms with E-state index in [0.29, 0.717) is 0 Å². The summed E-state index contributed by atoms with van der Waals surface area (Å²) in [6.07, 6.45) is 11.1. The Hall–Kier alpha value is -1.99. The second-order valence-corrected chi connectivity index (χ2v) is 10.6. The van der Waals surface area contributed by atoms with Crippen molar-refractivity contribution in [3.05, 3.63) is 89.5 Å². The Morgan fingerprint density at radius 2 is 0.677 bits per heavy atom. The molecular weight excluding hydrogens is 392 g/mol. The molecule has 0 heterocycles. The standard InChI is InChI=1S/C30H39S/c1-4-7-10-25-13-19-28(20-14-25)31(29-21-15-26(16-22-29)11-8-5-2)30-23-17-27(18-24-30)12-9-6-3/h13-24H,4-12H2,1-3H3/q+1. The summed E-state index contributed by atoms with van der Waals surface area (Å²) in [5.74, 6) is 0. The van der Waals surface area contributed by atoms with E-state index in [9.17, 15) is 0 Å². The lowest BCUT2D eigenvalue weighted by molar-refractivity contribution is 0.794. The van der Waals surface area contributed by atoms with Gasteiger partial charge in [-0.25, -0.2) is 0 Å². The Morgan fingerprint density at radius 3 is 0.903 bits per heavy atom. The third kappa shape index (κ3) is 7.01. The van der Waals surface area contributed by atoms with Gasteiger partial charge in [-0.15, -0.1) is 0 Å². The monoisotopic (exact) mass is 431 g/mol. The summed E-state index contributed by atoms with van der Waals surface area (Å²) < 4.78 is 0. The first kappa shape index (κ1) is 23.7. The predicted molar refractivity (Wildman–Crippen MR) is 137 cm³/mol. The second kappa shape index (κ2) is 12.8. The van der Waals surface area contributed by atoms with Gasteiger partial charge in [-0.2, -0.15) is 0 Å². The number of rotatable bonds is 12. The third-order valence-corrected chi connectivity index (χ3v) is 8.16. The summed E-state index contributed by atoms with van der Waals surface area (Å²) in [6, 6.07) is 28.3. The quantitative estimate of drug-likeness (QED) is 0.251. The summed E-state index contributed by atoms with van der Waals surface area (Å²) in [7, 11) is -0.0566. The predicted octanol–water partition coefficient (Wildman–Crippen LogP) is 8.81. The van der Waals surface area contributed by atoms with Gasteiger partial charge in [-0.3, -0.25) is 0 Å². The number of unbranched alkanes of at least 4 members (excludes halogenated alkanes) is 3. The summed E-state index contributed by atoms with van der Waals surface area (Å²) in [5.41, 5.74) is 4.37. The van der Waals surface area contributed by atoms with Crippen molar-refractivity contribution in [3.63, 3.8) is 0 Å². The Bertz CT molecular complexity index is 753. The van der Waals surface area contributed by atoms with Crippen molar-refractivity contribution in [2.24, 2.45) is 0 Å². The molecule has 3 rings (SSSR count). The maximum absolute atomic E-state index is 2.37. The molecule has 0 saturated carbocycles. The minimum absolute atomic E-state index is 0.0566. The van der Waals surface area contributed by atoms with E-state index >= 15 is 0 Å². The van der Waals surface area contributed by atoms with E-state index in [0.717, 1.165) is 0 Å². The van der Waals surface area contributed by atoms with Crippen LogP contribution in [-0.4, -0.2) is 0 Å². The smallest absolute Gasteiger partial charge is 0.0654 e. The highest BCUT2D eigenvalue weighted by Gasteiger charge is 2.28. The van der Waals surface area contributed by atoms with Gasteiger partial charge in [0.25, 0.3) is 0 Å². The molecule has 0 N–H and O–H groups in total. The van der Waals surface area contributed by atoms with Crippen LogP contribution in [0, 0.1) is 0 Å². The number of benzene rings is 3. The van der Waals surface area contributed by atoms with E-state index in [1.807, 2.05) is 0 Å². The first-order chi connectivity index (χ1) is 15.2. The maximum Gasteiger partial charge on any atom is 0.166 e. The zero-order valence-corrected chi connectivity index (χ0v) is 20.5. The normalized spacial score (nSPS) is 11.2. The van der Waals surface area contributed by atoms with Crippen molar-refractivity contribution in [3.8, 4) is 0 Å².